The predicted molar refractivity (Wildman–Crippen MR) is 144 cm³/mol. The number of rotatable bonds is 8. The lowest BCUT2D eigenvalue weighted by Gasteiger charge is -2.37. The van der Waals surface area contributed by atoms with Crippen LogP contribution in [0.4, 0.5) is 27.5 Å². The molecule has 2 fully saturated rings. The van der Waals surface area contributed by atoms with E-state index in [0.717, 1.165) is 54.6 Å². The Kier molecular flexibility index (Phi) is 7.90. The Bertz CT molecular complexity index is 1210. The minimum atomic E-state index is -0.684. The van der Waals surface area contributed by atoms with Crippen LogP contribution in [0.3, 0.4) is 0 Å². The van der Waals surface area contributed by atoms with Crippen molar-refractivity contribution in [1.29, 1.82) is 0 Å². The molecule has 0 saturated carbocycles. The highest BCUT2D eigenvalue weighted by atomic mass is 32.2. The van der Waals surface area contributed by atoms with Gasteiger partial charge >= 0.3 is 0 Å². The van der Waals surface area contributed by atoms with Gasteiger partial charge in [0, 0.05) is 67.1 Å². The highest BCUT2D eigenvalue weighted by molar-refractivity contribution is 7.99. The number of alkyl halides is 1. The number of benzene rings is 1. The van der Waals surface area contributed by atoms with E-state index in [4.69, 9.17) is 9.97 Å². The van der Waals surface area contributed by atoms with E-state index in [2.05, 4.69) is 30.6 Å². The first-order chi connectivity index (χ1) is 17.9. The van der Waals surface area contributed by atoms with E-state index in [1.807, 2.05) is 50.2 Å². The molecule has 3 N–H and O–H groups in total. The van der Waals surface area contributed by atoms with Gasteiger partial charge in [0.1, 0.15) is 17.8 Å². The van der Waals surface area contributed by atoms with Crippen LogP contribution in [0.1, 0.15) is 38.3 Å². The number of hydrogen-bond donors (Lipinski definition) is 3. The molecule has 37 heavy (non-hydrogen) atoms. The van der Waals surface area contributed by atoms with Crippen molar-refractivity contribution in [1.82, 2.24) is 25.1 Å². The Morgan fingerprint density at radius 3 is 2.54 bits per heavy atom. The third kappa shape index (κ3) is 6.58. The van der Waals surface area contributed by atoms with Crippen LogP contribution in [-0.2, 0) is 4.79 Å². The van der Waals surface area contributed by atoms with Gasteiger partial charge in [-0.05, 0) is 62.2 Å². The molecule has 1 unspecified atom stereocenters. The average molecular weight is 525 g/mol. The Morgan fingerprint density at radius 2 is 1.89 bits per heavy atom. The normalized spacial score (nSPS) is 18.8. The largest absolute Gasteiger partial charge is 0.356 e. The predicted octanol–water partition coefficient (Wildman–Crippen LogP) is 4.76. The summed E-state index contributed by atoms with van der Waals surface area (Å²) in [7, 11) is 0. The number of carbonyl (C=O) groups is 1. The monoisotopic (exact) mass is 524 g/mol. The number of amides is 1. The number of aromatic nitrogens is 4. The van der Waals surface area contributed by atoms with Crippen LogP contribution >= 0.6 is 11.8 Å². The minimum Gasteiger partial charge on any atom is -0.356 e. The first-order valence-corrected chi connectivity index (χ1v) is 13.7. The number of anilines is 4. The molecule has 2 aromatic heterocycles. The number of piperidine rings is 1. The first kappa shape index (κ1) is 25.5. The SMILES string of the molecule is CCC(=O)Nc1ccc(Sc2nc(Nc3cc(C)[nH]n3)cc(N3CCC(N4CCC(F)C4)CC3)n2)cc1. The van der Waals surface area contributed by atoms with Crippen molar-refractivity contribution in [3.05, 3.63) is 42.1 Å². The lowest BCUT2D eigenvalue weighted by Crippen LogP contribution is -2.44. The van der Waals surface area contributed by atoms with E-state index in [1.54, 1.807) is 0 Å². The van der Waals surface area contributed by atoms with Gasteiger partial charge in [0.25, 0.3) is 0 Å². The number of aryl methyl sites for hydroxylation is 1. The van der Waals surface area contributed by atoms with Crippen LogP contribution < -0.4 is 15.5 Å². The minimum absolute atomic E-state index is 0.0150. The lowest BCUT2D eigenvalue weighted by atomic mass is 10.0. The zero-order chi connectivity index (χ0) is 25.8. The molecule has 1 atom stereocenters. The van der Waals surface area contributed by atoms with Crippen molar-refractivity contribution in [3.63, 3.8) is 0 Å². The molecule has 1 amide bonds. The summed E-state index contributed by atoms with van der Waals surface area (Å²) in [5, 5.41) is 14.0. The number of likely N-dealkylation sites (tertiary alicyclic amines) is 1. The van der Waals surface area contributed by atoms with E-state index >= 15 is 0 Å². The molecule has 0 bridgehead atoms. The second-order valence-corrected chi connectivity index (χ2v) is 10.6. The van der Waals surface area contributed by atoms with Gasteiger partial charge in [0.05, 0.1) is 0 Å². The van der Waals surface area contributed by atoms with Crippen LogP contribution in [0, 0.1) is 6.92 Å². The van der Waals surface area contributed by atoms with Gasteiger partial charge in [0.2, 0.25) is 5.91 Å². The molecule has 0 aliphatic carbocycles. The van der Waals surface area contributed by atoms with Crippen molar-refractivity contribution in [2.45, 2.75) is 61.8 Å². The standard InChI is InChI=1S/C26H33FN8OS/c1-3-25(36)28-19-4-6-21(7-5-19)37-26-30-22(29-23-14-17(2)32-33-23)15-24(31-26)34-12-9-20(10-13-34)35-11-8-18(27)16-35/h4-7,14-15,18,20H,3,8-13,16H2,1-2H3,(H,28,36)(H2,29,30,31,32,33). The van der Waals surface area contributed by atoms with E-state index in [1.165, 1.54) is 11.8 Å². The zero-order valence-corrected chi connectivity index (χ0v) is 22.0. The second-order valence-electron chi connectivity index (χ2n) is 9.58. The maximum atomic E-state index is 13.7. The van der Waals surface area contributed by atoms with Gasteiger partial charge in [-0.2, -0.15) is 5.10 Å². The summed E-state index contributed by atoms with van der Waals surface area (Å²) >= 11 is 1.47. The van der Waals surface area contributed by atoms with Gasteiger partial charge in [-0.15, -0.1) is 0 Å². The number of nitrogens with one attached hydrogen (secondary N) is 3. The van der Waals surface area contributed by atoms with Crippen molar-refractivity contribution in [2.75, 3.05) is 41.7 Å². The molecule has 2 aliphatic heterocycles. The fraction of sp³-hybridized carbons (Fsp3) is 0.462. The van der Waals surface area contributed by atoms with Crippen molar-refractivity contribution < 1.29 is 9.18 Å². The Labute approximate surface area is 220 Å². The van der Waals surface area contributed by atoms with Crippen LogP contribution in [0.15, 0.2) is 46.5 Å². The highest BCUT2D eigenvalue weighted by Crippen LogP contribution is 2.31. The Morgan fingerprint density at radius 1 is 1.11 bits per heavy atom. The molecule has 5 rings (SSSR count). The van der Waals surface area contributed by atoms with Crippen LogP contribution in [-0.4, -0.2) is 69.4 Å². The number of aromatic amines is 1. The van der Waals surface area contributed by atoms with Crippen molar-refractivity contribution in [3.8, 4) is 0 Å². The molecule has 2 saturated heterocycles. The molecule has 0 radical (unpaired) electrons. The maximum Gasteiger partial charge on any atom is 0.224 e. The van der Waals surface area contributed by atoms with E-state index in [0.29, 0.717) is 42.2 Å². The fourth-order valence-electron chi connectivity index (χ4n) is 4.79. The van der Waals surface area contributed by atoms with Crippen LogP contribution in [0.2, 0.25) is 0 Å². The molecule has 9 nitrogen and oxygen atoms in total. The molecule has 1 aromatic carbocycles. The van der Waals surface area contributed by atoms with Crippen LogP contribution in [0.5, 0.6) is 0 Å². The van der Waals surface area contributed by atoms with Gasteiger partial charge in [-0.3, -0.25) is 14.8 Å². The quantitative estimate of drug-likeness (QED) is 0.363. The van der Waals surface area contributed by atoms with E-state index in [9.17, 15) is 9.18 Å². The number of carbonyl (C=O) groups excluding carboxylic acids is 1. The molecule has 11 heteroatoms. The second kappa shape index (κ2) is 11.5. The van der Waals surface area contributed by atoms with Gasteiger partial charge < -0.3 is 15.5 Å². The average Bonchev–Trinajstić information content (AvgIpc) is 3.52. The summed E-state index contributed by atoms with van der Waals surface area (Å²) < 4.78 is 13.7. The molecule has 3 aromatic rings. The molecule has 4 heterocycles. The van der Waals surface area contributed by atoms with Crippen molar-refractivity contribution >= 4 is 40.8 Å². The topological polar surface area (TPSA) is 102 Å². The van der Waals surface area contributed by atoms with E-state index < -0.39 is 6.17 Å². The smallest absolute Gasteiger partial charge is 0.224 e. The first-order valence-electron chi connectivity index (χ1n) is 12.8. The maximum absolute atomic E-state index is 13.7. The summed E-state index contributed by atoms with van der Waals surface area (Å²) in [4.78, 5) is 26.9. The third-order valence-corrected chi connectivity index (χ3v) is 7.66. The van der Waals surface area contributed by atoms with Gasteiger partial charge in [-0.25, -0.2) is 14.4 Å². The van der Waals surface area contributed by atoms with Gasteiger partial charge in [-0.1, -0.05) is 6.92 Å². The molecule has 0 spiro atoms. The van der Waals surface area contributed by atoms with Crippen LogP contribution in [0.25, 0.3) is 0 Å². The lowest BCUT2D eigenvalue weighted by molar-refractivity contribution is -0.115. The third-order valence-electron chi connectivity index (χ3n) is 6.79. The molecular formula is C26H33FN8OS. The Balaban J connectivity index is 1.32. The Hall–Kier alpha value is -3.18. The summed E-state index contributed by atoms with van der Waals surface area (Å²) in [6.07, 6.45) is 2.39. The fourth-order valence-corrected chi connectivity index (χ4v) is 5.56. The summed E-state index contributed by atoms with van der Waals surface area (Å²) in [6, 6.07) is 12.0. The van der Waals surface area contributed by atoms with E-state index in [-0.39, 0.29) is 5.91 Å². The van der Waals surface area contributed by atoms with Crippen molar-refractivity contribution in [2.24, 2.45) is 0 Å². The molecule has 196 valence electrons. The number of nitrogens with zero attached hydrogens (tertiary/aromatic N) is 5. The summed E-state index contributed by atoms with van der Waals surface area (Å²) in [5.41, 5.74) is 1.73. The molecule has 2 aliphatic rings. The zero-order valence-electron chi connectivity index (χ0n) is 21.2. The van der Waals surface area contributed by atoms with Gasteiger partial charge in [0.15, 0.2) is 11.0 Å². The number of H-pyrrole nitrogens is 1. The molecular weight excluding hydrogens is 491 g/mol. The number of halogens is 1. The summed E-state index contributed by atoms with van der Waals surface area (Å²) in [6.45, 7) is 6.94. The summed E-state index contributed by atoms with van der Waals surface area (Å²) in [5.74, 6) is 2.22. The number of hydrogen-bond acceptors (Lipinski definition) is 8. The highest BCUT2D eigenvalue weighted by Gasteiger charge is 2.31.